The lowest BCUT2D eigenvalue weighted by molar-refractivity contribution is 0.113. The smallest absolute Gasteiger partial charge is 0.412 e. The number of nitrogens with one attached hydrogen (secondary N) is 4. The van der Waals surface area contributed by atoms with Crippen LogP contribution in [0.1, 0.15) is 18.4 Å². The summed E-state index contributed by atoms with van der Waals surface area (Å²) in [4.78, 5) is 42.5. The van der Waals surface area contributed by atoms with Crippen molar-refractivity contribution in [3.05, 3.63) is 70.9 Å². The first-order valence-electron chi connectivity index (χ1n) is 12.7. The summed E-state index contributed by atoms with van der Waals surface area (Å²) in [6, 6.07) is 8.38. The molecule has 220 valence electrons. The third-order valence-electron chi connectivity index (χ3n) is 6.05. The maximum atomic E-state index is 13.7. The molecule has 3 aromatic rings. The molecule has 0 aliphatic rings. The number of nitrogens with zero attached hydrogens (tertiary/aromatic N) is 2. The third kappa shape index (κ3) is 9.72. The van der Waals surface area contributed by atoms with Crippen molar-refractivity contribution in [2.45, 2.75) is 25.4 Å². The number of rotatable bonds is 12. The number of hydrogen-bond acceptors (Lipinski definition) is 6. The van der Waals surface area contributed by atoms with Gasteiger partial charge < -0.3 is 30.7 Å². The number of amides is 5. The Labute approximate surface area is 240 Å². The number of halogens is 3. The van der Waals surface area contributed by atoms with E-state index in [1.165, 1.54) is 48.5 Å². The summed E-state index contributed by atoms with van der Waals surface area (Å²) in [5.74, 6) is -0.882. The molecule has 14 heteroatoms. The highest BCUT2D eigenvalue weighted by Crippen LogP contribution is 2.20. The van der Waals surface area contributed by atoms with Crippen LogP contribution in [-0.4, -0.2) is 72.5 Å². The maximum absolute atomic E-state index is 13.7. The van der Waals surface area contributed by atoms with Crippen molar-refractivity contribution < 1.29 is 33.0 Å². The first kappa shape index (κ1) is 31.3. The second-order valence-electron chi connectivity index (χ2n) is 8.97. The van der Waals surface area contributed by atoms with Gasteiger partial charge in [-0.15, -0.1) is 0 Å². The molecule has 41 heavy (non-hydrogen) atoms. The number of likely N-dealkylation sites (N-methyl/N-ethyl adjacent to an activating group) is 1. The zero-order valence-corrected chi connectivity index (χ0v) is 23.0. The first-order chi connectivity index (χ1) is 19.7. The van der Waals surface area contributed by atoms with Gasteiger partial charge in [-0.25, -0.2) is 28.1 Å². The van der Waals surface area contributed by atoms with Crippen molar-refractivity contribution >= 4 is 46.3 Å². The standard InChI is InChI=1S/C27H31ClF2N6O5/c1-36(26(39)34-15-18-4-2-6-22(30)24(18)28)21(5-3-9-31-25(38)32-10-11-37)16-41-27(40)35-23-13-19-12-20(29)8-7-17(19)14-33-23/h2,4,6-8,12-14,21,37H,3,5,9-11,15-16H2,1H3,(H,34,39)(H2,31,32,38)(H,33,35,40)/t21-/m1/s1. The molecule has 0 unspecified atom stereocenters. The van der Waals surface area contributed by atoms with Crippen molar-refractivity contribution in [3.63, 3.8) is 0 Å². The number of hydrogen-bond donors (Lipinski definition) is 5. The number of carbonyl (C=O) groups is 3. The van der Waals surface area contributed by atoms with Crippen molar-refractivity contribution in [1.82, 2.24) is 25.8 Å². The minimum absolute atomic E-state index is 0.0331. The van der Waals surface area contributed by atoms with E-state index < -0.39 is 35.8 Å². The summed E-state index contributed by atoms with van der Waals surface area (Å²) in [6.07, 6.45) is 1.42. The Balaban J connectivity index is 1.59. The van der Waals surface area contributed by atoms with E-state index in [1.807, 2.05) is 0 Å². The Morgan fingerprint density at radius 3 is 2.63 bits per heavy atom. The molecular weight excluding hydrogens is 562 g/mol. The maximum Gasteiger partial charge on any atom is 0.412 e. The van der Waals surface area contributed by atoms with Gasteiger partial charge in [-0.05, 0) is 54.1 Å². The van der Waals surface area contributed by atoms with Gasteiger partial charge in [0.05, 0.1) is 17.7 Å². The Morgan fingerprint density at radius 1 is 1.07 bits per heavy atom. The number of pyridine rings is 1. The molecule has 5 amide bonds. The minimum Gasteiger partial charge on any atom is -0.447 e. The van der Waals surface area contributed by atoms with Crippen LogP contribution in [0.3, 0.4) is 0 Å². The molecule has 0 spiro atoms. The van der Waals surface area contributed by atoms with Gasteiger partial charge in [0.15, 0.2) is 0 Å². The van der Waals surface area contributed by atoms with E-state index in [9.17, 15) is 23.2 Å². The Morgan fingerprint density at radius 2 is 1.85 bits per heavy atom. The van der Waals surface area contributed by atoms with Crippen molar-refractivity contribution in [2.24, 2.45) is 0 Å². The predicted molar refractivity (Wildman–Crippen MR) is 150 cm³/mol. The largest absolute Gasteiger partial charge is 0.447 e. The lowest BCUT2D eigenvalue weighted by atomic mass is 10.1. The van der Waals surface area contributed by atoms with Crippen LogP contribution in [0.25, 0.3) is 10.8 Å². The number of aliphatic hydroxyl groups excluding tert-OH is 1. The highest BCUT2D eigenvalue weighted by Gasteiger charge is 2.22. The Kier molecular flexibility index (Phi) is 11.9. The molecule has 0 radical (unpaired) electrons. The molecule has 3 rings (SSSR count). The lowest BCUT2D eigenvalue weighted by Gasteiger charge is -2.28. The zero-order valence-electron chi connectivity index (χ0n) is 22.3. The van der Waals surface area contributed by atoms with Gasteiger partial charge in [-0.1, -0.05) is 23.7 Å². The number of anilines is 1. The van der Waals surface area contributed by atoms with Gasteiger partial charge in [-0.3, -0.25) is 5.32 Å². The average Bonchev–Trinajstić information content (AvgIpc) is 2.95. The predicted octanol–water partition coefficient (Wildman–Crippen LogP) is 4.00. The van der Waals surface area contributed by atoms with Gasteiger partial charge >= 0.3 is 18.2 Å². The summed E-state index contributed by atoms with van der Waals surface area (Å²) in [6.45, 7) is -0.0617. The highest BCUT2D eigenvalue weighted by molar-refractivity contribution is 6.31. The number of aromatic nitrogens is 1. The normalized spacial score (nSPS) is 11.4. The molecule has 1 atom stereocenters. The van der Waals surface area contributed by atoms with Crippen molar-refractivity contribution in [2.75, 3.05) is 38.7 Å². The van der Waals surface area contributed by atoms with E-state index in [2.05, 4.69) is 26.3 Å². The summed E-state index contributed by atoms with van der Waals surface area (Å²) < 4.78 is 32.7. The number of urea groups is 2. The molecule has 0 saturated heterocycles. The third-order valence-corrected chi connectivity index (χ3v) is 6.47. The van der Waals surface area contributed by atoms with Crippen LogP contribution < -0.4 is 21.3 Å². The van der Waals surface area contributed by atoms with Crippen LogP contribution in [-0.2, 0) is 11.3 Å². The van der Waals surface area contributed by atoms with E-state index in [4.69, 9.17) is 21.4 Å². The number of aliphatic hydroxyl groups is 1. The molecule has 0 saturated carbocycles. The molecule has 11 nitrogen and oxygen atoms in total. The van der Waals surface area contributed by atoms with E-state index in [-0.39, 0.29) is 43.7 Å². The minimum atomic E-state index is -0.833. The van der Waals surface area contributed by atoms with Crippen LogP contribution in [0.4, 0.5) is 29.0 Å². The van der Waals surface area contributed by atoms with E-state index in [1.54, 1.807) is 12.1 Å². The summed E-state index contributed by atoms with van der Waals surface area (Å²) in [5, 5.41) is 20.2. The van der Waals surface area contributed by atoms with Gasteiger partial charge in [0.2, 0.25) is 0 Å². The zero-order chi connectivity index (χ0) is 29.8. The van der Waals surface area contributed by atoms with Crippen LogP contribution in [0.5, 0.6) is 0 Å². The second-order valence-corrected chi connectivity index (χ2v) is 9.35. The van der Waals surface area contributed by atoms with Crippen LogP contribution in [0.2, 0.25) is 5.02 Å². The van der Waals surface area contributed by atoms with Gasteiger partial charge in [0.1, 0.15) is 24.1 Å². The average molecular weight is 593 g/mol. The van der Waals surface area contributed by atoms with Crippen LogP contribution in [0.15, 0.2) is 48.7 Å². The fourth-order valence-electron chi connectivity index (χ4n) is 3.80. The highest BCUT2D eigenvalue weighted by atomic mass is 35.5. The Hall–Kier alpha value is -4.23. The molecule has 0 aliphatic heterocycles. The summed E-state index contributed by atoms with van der Waals surface area (Å²) >= 11 is 5.97. The fourth-order valence-corrected chi connectivity index (χ4v) is 3.99. The van der Waals surface area contributed by atoms with E-state index in [0.717, 1.165) is 0 Å². The van der Waals surface area contributed by atoms with Crippen LogP contribution >= 0.6 is 11.6 Å². The monoisotopic (exact) mass is 592 g/mol. The molecule has 0 fully saturated rings. The molecule has 1 aromatic heterocycles. The van der Waals surface area contributed by atoms with E-state index in [0.29, 0.717) is 29.2 Å². The molecule has 0 aliphatic carbocycles. The number of benzene rings is 2. The Bertz CT molecular complexity index is 1370. The summed E-state index contributed by atoms with van der Waals surface area (Å²) in [5.41, 5.74) is 0.390. The summed E-state index contributed by atoms with van der Waals surface area (Å²) in [7, 11) is 1.51. The molecule has 5 N–H and O–H groups in total. The molecule has 1 heterocycles. The fraction of sp³-hybridized carbons (Fsp3) is 0.333. The van der Waals surface area contributed by atoms with Gasteiger partial charge in [0, 0.05) is 38.3 Å². The SMILES string of the molecule is CN(C(=O)NCc1cccc(F)c1Cl)[C@H](CCCNC(=O)NCCO)COC(=O)Nc1cc2cc(F)ccc2cn1. The number of carbonyl (C=O) groups excluding carboxylic acids is 3. The lowest BCUT2D eigenvalue weighted by Crippen LogP contribution is -2.46. The molecule has 0 bridgehead atoms. The quantitative estimate of drug-likeness (QED) is 0.201. The van der Waals surface area contributed by atoms with Crippen LogP contribution in [0, 0.1) is 11.6 Å². The number of fused-ring (bicyclic) bond motifs is 1. The van der Waals surface area contributed by atoms with Gasteiger partial charge in [-0.2, -0.15) is 0 Å². The van der Waals surface area contributed by atoms with Crippen molar-refractivity contribution in [3.8, 4) is 0 Å². The second kappa shape index (κ2) is 15.5. The van der Waals surface area contributed by atoms with Crippen molar-refractivity contribution in [1.29, 1.82) is 0 Å². The van der Waals surface area contributed by atoms with E-state index >= 15 is 0 Å². The number of ether oxygens (including phenoxy) is 1. The van der Waals surface area contributed by atoms with Gasteiger partial charge in [0.25, 0.3) is 0 Å². The molecular formula is C27H31ClF2N6O5. The topological polar surface area (TPSA) is 145 Å². The first-order valence-corrected chi connectivity index (χ1v) is 13.1. The molecule has 2 aromatic carbocycles.